The molecule has 4 aromatic rings. The number of benzene rings is 4. The third kappa shape index (κ3) is 7.82. The molecule has 0 atom stereocenters. The molecule has 0 bridgehead atoms. The molecule has 314 valence electrons. The Labute approximate surface area is 344 Å². The maximum absolute atomic E-state index is 12.6. The van der Waals surface area contributed by atoms with Crippen molar-refractivity contribution in [2.75, 3.05) is 0 Å². The van der Waals surface area contributed by atoms with Crippen molar-refractivity contribution in [2.45, 2.75) is 169 Å². The fourth-order valence-corrected chi connectivity index (χ4v) is 10.7. The van der Waals surface area contributed by atoms with Crippen LogP contribution in [0.25, 0.3) is 32.7 Å². The van der Waals surface area contributed by atoms with Crippen LogP contribution < -0.4 is 10.6 Å². The Morgan fingerprint density at radius 1 is 0.517 bits per heavy atom. The highest BCUT2D eigenvalue weighted by Crippen LogP contribution is 2.54. The number of hydrogen-bond donors (Lipinski definition) is 8. The molecule has 0 aliphatic carbocycles. The molecule has 4 aromatic carbocycles. The van der Waals surface area contributed by atoms with Gasteiger partial charge in [-0.1, -0.05) is 39.8 Å². The van der Waals surface area contributed by atoms with Crippen LogP contribution >= 0.6 is 0 Å². The molecule has 2 fully saturated rings. The number of aromatic hydroxyl groups is 6. The summed E-state index contributed by atoms with van der Waals surface area (Å²) < 4.78 is 0. The predicted octanol–water partition coefficient (Wildman–Crippen LogP) is 10.2. The maximum Gasteiger partial charge on any atom is 0.167 e. The van der Waals surface area contributed by atoms with E-state index in [2.05, 4.69) is 66.0 Å². The van der Waals surface area contributed by atoms with E-state index in [9.17, 15) is 30.6 Å². The van der Waals surface area contributed by atoms with E-state index in [0.717, 1.165) is 25.7 Å². The Morgan fingerprint density at radius 3 is 1.09 bits per heavy atom. The lowest BCUT2D eigenvalue weighted by Crippen LogP contribution is -2.58. The minimum Gasteiger partial charge on any atom is -0.507 e. The van der Waals surface area contributed by atoms with E-state index in [1.807, 2.05) is 53.7 Å². The lowest BCUT2D eigenvalue weighted by molar-refractivity contribution is 0.164. The van der Waals surface area contributed by atoms with Gasteiger partial charge in [-0.3, -0.25) is 9.98 Å². The average molecular weight is 795 g/mol. The van der Waals surface area contributed by atoms with Crippen LogP contribution in [0.5, 0.6) is 34.5 Å². The van der Waals surface area contributed by atoms with Crippen LogP contribution in [0.15, 0.2) is 22.1 Å². The largest absolute Gasteiger partial charge is 0.507 e. The van der Waals surface area contributed by atoms with Gasteiger partial charge in [0, 0.05) is 78.7 Å². The Morgan fingerprint density at radius 2 is 0.810 bits per heavy atom. The minimum absolute atomic E-state index is 0.0900. The van der Waals surface area contributed by atoms with Gasteiger partial charge in [0.25, 0.3) is 0 Å². The number of aliphatic imine (C=N–C) groups is 2. The van der Waals surface area contributed by atoms with E-state index in [1.165, 1.54) is 0 Å². The van der Waals surface area contributed by atoms with Crippen molar-refractivity contribution in [3.63, 3.8) is 0 Å². The van der Waals surface area contributed by atoms with Gasteiger partial charge < -0.3 is 41.3 Å². The summed E-state index contributed by atoms with van der Waals surface area (Å²) >= 11 is 0. The molecule has 0 spiro atoms. The van der Waals surface area contributed by atoms with Gasteiger partial charge in [-0.05, 0) is 129 Å². The number of hydrogen-bond acceptors (Lipinski definition) is 10. The van der Waals surface area contributed by atoms with Crippen molar-refractivity contribution in [2.24, 2.45) is 9.98 Å². The number of nitrogens with one attached hydrogen (secondary N) is 2. The zero-order valence-corrected chi connectivity index (χ0v) is 37.0. The van der Waals surface area contributed by atoms with Crippen LogP contribution in [0.3, 0.4) is 0 Å². The van der Waals surface area contributed by atoms with Crippen LogP contribution in [0.4, 0.5) is 0 Å². The second-order valence-corrected chi connectivity index (χ2v) is 20.5. The van der Waals surface area contributed by atoms with Crippen LogP contribution in [-0.2, 0) is 0 Å². The Hall–Kier alpha value is -4.54. The van der Waals surface area contributed by atoms with E-state index < -0.39 is 0 Å². The molecule has 2 aliphatic rings. The van der Waals surface area contributed by atoms with Crippen molar-refractivity contribution >= 4 is 34.0 Å². The molecular weight excluding hydrogens is 729 g/mol. The van der Waals surface area contributed by atoms with Gasteiger partial charge in [0.15, 0.2) is 23.0 Å². The van der Waals surface area contributed by atoms with Gasteiger partial charge in [-0.15, -0.1) is 0 Å². The van der Waals surface area contributed by atoms with Gasteiger partial charge in [0.2, 0.25) is 0 Å². The summed E-state index contributed by atoms with van der Waals surface area (Å²) in [6.45, 7) is 28.5. The van der Waals surface area contributed by atoms with E-state index in [0.29, 0.717) is 54.9 Å². The third-order valence-corrected chi connectivity index (χ3v) is 12.2. The normalized spacial score (nSPS) is 19.8. The van der Waals surface area contributed by atoms with Crippen LogP contribution in [-0.4, -0.2) is 77.3 Å². The first-order valence-electron chi connectivity index (χ1n) is 20.8. The third-order valence-electron chi connectivity index (χ3n) is 12.2. The molecule has 2 saturated heterocycles. The number of phenolic OH excluding ortho intramolecular Hbond substituents is 6. The molecule has 0 radical (unpaired) electrons. The van der Waals surface area contributed by atoms with Gasteiger partial charge in [-0.25, -0.2) is 0 Å². The molecule has 0 amide bonds. The predicted molar refractivity (Wildman–Crippen MR) is 238 cm³/mol. The number of fused-ring (bicyclic) bond motifs is 2. The molecular formula is C48H66N4O6. The van der Waals surface area contributed by atoms with Crippen LogP contribution in [0.2, 0.25) is 0 Å². The van der Waals surface area contributed by atoms with Crippen molar-refractivity contribution in [3.05, 3.63) is 45.5 Å². The first-order valence-corrected chi connectivity index (χ1v) is 20.8. The van der Waals surface area contributed by atoms with Crippen molar-refractivity contribution < 1.29 is 30.6 Å². The molecule has 8 N–H and O–H groups in total. The number of aryl methyl sites for hydroxylation is 2. The Bertz CT molecular complexity index is 2170. The lowest BCUT2D eigenvalue weighted by Gasteiger charge is -2.45. The monoisotopic (exact) mass is 794 g/mol. The summed E-state index contributed by atoms with van der Waals surface area (Å²) in [5, 5.41) is 80.6. The Balaban J connectivity index is 1.65. The smallest absolute Gasteiger partial charge is 0.167 e. The summed E-state index contributed by atoms with van der Waals surface area (Å²) in [5.74, 6) is -2.05. The highest BCUT2D eigenvalue weighted by Gasteiger charge is 2.39. The van der Waals surface area contributed by atoms with E-state index >= 15 is 0 Å². The van der Waals surface area contributed by atoms with Crippen molar-refractivity contribution in [1.29, 1.82) is 0 Å². The Kier molecular flexibility index (Phi) is 10.9. The first-order chi connectivity index (χ1) is 26.7. The van der Waals surface area contributed by atoms with Crippen molar-refractivity contribution in [3.8, 4) is 45.6 Å². The molecule has 0 saturated carbocycles. The minimum atomic E-state index is -0.373. The highest BCUT2D eigenvalue weighted by atomic mass is 16.3. The van der Waals surface area contributed by atoms with Crippen molar-refractivity contribution in [1.82, 2.24) is 10.6 Å². The molecule has 2 aliphatic heterocycles. The SMILES string of the molecule is Cc1cc2c(C(C)C)c(O)c(O)c(C=NC3CC(C)(C)NC(C)(C)C3)c2c(O)c1-c1c(C)cc2c(C(C)C)c(O)c(O)c(C=NC3CC(C)(C)NC(C)(C)C3)c2c1O. The van der Waals surface area contributed by atoms with E-state index in [-0.39, 0.29) is 91.7 Å². The quantitative estimate of drug-likeness (QED) is 0.0675. The zero-order chi connectivity index (χ0) is 43.2. The standard InChI is InChI=1S/C48H66N4O6/c1-23(2)33-29-15-25(5)35(41(55)37(29)31(39(53)43(33)57)21-49-27-17-45(7,8)51-46(9,10)18-27)36-26(6)16-30-34(24(3)4)44(58)40(54)32(38(30)42(36)56)22-50-28-19-47(11,12)52-48(13,14)20-28/h15-16,21-24,27-28,51-58H,17-20H2,1-14H3. The summed E-state index contributed by atoms with van der Waals surface area (Å²) in [6.07, 6.45) is 6.15. The van der Waals surface area contributed by atoms with E-state index in [1.54, 1.807) is 12.4 Å². The topological polar surface area (TPSA) is 170 Å². The maximum atomic E-state index is 12.6. The van der Waals surface area contributed by atoms with E-state index in [4.69, 9.17) is 9.98 Å². The second kappa shape index (κ2) is 14.6. The fraction of sp³-hybridized carbons (Fsp3) is 0.542. The summed E-state index contributed by atoms with van der Waals surface area (Å²) in [4.78, 5) is 9.96. The zero-order valence-electron chi connectivity index (χ0n) is 37.0. The highest BCUT2D eigenvalue weighted by molar-refractivity contribution is 6.15. The molecule has 2 heterocycles. The number of phenols is 6. The second-order valence-electron chi connectivity index (χ2n) is 20.5. The molecule has 10 nitrogen and oxygen atoms in total. The average Bonchev–Trinajstić information content (AvgIpc) is 3.04. The molecule has 0 aromatic heterocycles. The number of nitrogens with zero attached hydrogens (tertiary/aromatic N) is 2. The number of rotatable bonds is 7. The van der Waals surface area contributed by atoms with Gasteiger partial charge in [-0.2, -0.15) is 0 Å². The van der Waals surface area contributed by atoms with Gasteiger partial charge in [0.1, 0.15) is 11.5 Å². The van der Waals surface area contributed by atoms with Crippen LogP contribution in [0, 0.1) is 13.8 Å². The summed E-state index contributed by atoms with van der Waals surface area (Å²) in [6, 6.07) is 3.58. The summed E-state index contributed by atoms with van der Waals surface area (Å²) in [5.41, 5.74) is 2.56. The lowest BCUT2D eigenvalue weighted by atomic mass is 9.80. The van der Waals surface area contributed by atoms with Gasteiger partial charge >= 0.3 is 0 Å². The molecule has 0 unspecified atom stereocenters. The van der Waals surface area contributed by atoms with Gasteiger partial charge in [0.05, 0.1) is 12.1 Å². The number of piperidine rings is 2. The molecule has 58 heavy (non-hydrogen) atoms. The summed E-state index contributed by atoms with van der Waals surface area (Å²) in [7, 11) is 0. The van der Waals surface area contributed by atoms with Crippen LogP contribution in [0.1, 0.15) is 154 Å². The fourth-order valence-electron chi connectivity index (χ4n) is 10.7. The molecule has 10 heteroatoms. The first kappa shape index (κ1) is 43.0. The molecule has 6 rings (SSSR count).